The summed E-state index contributed by atoms with van der Waals surface area (Å²) in [6, 6.07) is 5.99. The summed E-state index contributed by atoms with van der Waals surface area (Å²) in [6.45, 7) is 12.3. The van der Waals surface area contributed by atoms with E-state index in [1.165, 1.54) is 19.3 Å². The smallest absolute Gasteiger partial charge is 0.399 e. The van der Waals surface area contributed by atoms with Gasteiger partial charge >= 0.3 is 7.12 Å². The summed E-state index contributed by atoms with van der Waals surface area (Å²) < 4.78 is 12.2. The Labute approximate surface area is 197 Å². The minimum atomic E-state index is -0.589. The molecular formula is C25H35BN4O3. The van der Waals surface area contributed by atoms with Crippen molar-refractivity contribution in [1.82, 2.24) is 9.97 Å². The van der Waals surface area contributed by atoms with Gasteiger partial charge in [0.15, 0.2) is 0 Å². The van der Waals surface area contributed by atoms with Crippen molar-refractivity contribution >= 4 is 36.3 Å². The lowest BCUT2D eigenvalue weighted by Crippen LogP contribution is -2.41. The number of carbonyl (C=O) groups is 1. The maximum atomic E-state index is 11.9. The average molecular weight is 450 g/mol. The van der Waals surface area contributed by atoms with Crippen LogP contribution in [0.1, 0.15) is 76.2 Å². The topological polar surface area (TPSA) is 85.4 Å². The maximum absolute atomic E-state index is 11.9. The molecule has 33 heavy (non-hydrogen) atoms. The monoisotopic (exact) mass is 450 g/mol. The number of carbonyl (C=O) groups excluding carboxylic acids is 1. The van der Waals surface area contributed by atoms with Crippen LogP contribution >= 0.6 is 0 Å². The van der Waals surface area contributed by atoms with Gasteiger partial charge < -0.3 is 19.9 Å². The van der Waals surface area contributed by atoms with E-state index in [2.05, 4.69) is 22.5 Å². The number of aromatic nitrogens is 2. The molecule has 2 aliphatic rings. The number of benzene rings is 1. The van der Waals surface area contributed by atoms with Gasteiger partial charge in [0.2, 0.25) is 5.95 Å². The first kappa shape index (κ1) is 23.7. The molecule has 0 spiro atoms. The minimum Gasteiger partial charge on any atom is -0.399 e. The summed E-state index contributed by atoms with van der Waals surface area (Å²) in [5, 5.41) is 6.85. The van der Waals surface area contributed by atoms with E-state index in [1.807, 2.05) is 52.9 Å². The van der Waals surface area contributed by atoms with E-state index >= 15 is 0 Å². The lowest BCUT2D eigenvalue weighted by molar-refractivity contribution is 0.00578. The number of rotatable bonds is 6. The van der Waals surface area contributed by atoms with Gasteiger partial charge in [-0.25, -0.2) is 4.98 Å². The van der Waals surface area contributed by atoms with Gasteiger partial charge in [0.25, 0.3) is 0 Å². The van der Waals surface area contributed by atoms with Gasteiger partial charge in [-0.1, -0.05) is 25.8 Å². The second-order valence-corrected chi connectivity index (χ2v) is 10.5. The first-order valence-corrected chi connectivity index (χ1v) is 11.9. The predicted molar refractivity (Wildman–Crippen MR) is 133 cm³/mol. The van der Waals surface area contributed by atoms with Crippen LogP contribution in [-0.2, 0) is 9.31 Å². The van der Waals surface area contributed by atoms with Crippen LogP contribution in [0.25, 0.3) is 0 Å². The second-order valence-electron chi connectivity index (χ2n) is 10.5. The van der Waals surface area contributed by atoms with Gasteiger partial charge in [0, 0.05) is 29.1 Å². The molecule has 2 atom stereocenters. The summed E-state index contributed by atoms with van der Waals surface area (Å²) in [5.74, 6) is 2.09. The molecular weight excluding hydrogens is 415 g/mol. The number of hydrogen-bond acceptors (Lipinski definition) is 7. The summed E-state index contributed by atoms with van der Waals surface area (Å²) >= 11 is 0. The number of hydrogen-bond donors (Lipinski definition) is 2. The zero-order chi connectivity index (χ0) is 23.8. The molecule has 1 aromatic carbocycles. The maximum Gasteiger partial charge on any atom is 0.495 e. The Morgan fingerprint density at radius 3 is 2.55 bits per heavy atom. The Balaban J connectivity index is 1.51. The van der Waals surface area contributed by atoms with Crippen molar-refractivity contribution in [2.24, 2.45) is 5.92 Å². The molecule has 2 aromatic rings. The molecule has 2 heterocycles. The predicted octanol–water partition coefficient (Wildman–Crippen LogP) is 4.63. The number of aldehydes is 1. The molecule has 0 radical (unpaired) electrons. The third-order valence-corrected chi connectivity index (χ3v) is 7.23. The van der Waals surface area contributed by atoms with Crippen molar-refractivity contribution in [3.8, 4) is 0 Å². The second kappa shape index (κ2) is 9.07. The van der Waals surface area contributed by atoms with Gasteiger partial charge in [-0.05, 0) is 71.0 Å². The van der Waals surface area contributed by atoms with E-state index in [4.69, 9.17) is 14.3 Å². The standard InChI is InChI=1S/C25H35BN4O3/c1-16-8-7-9-19(12-16)28-22-17(2)14-27-23(30-22)29-20-10-11-21(18(13-20)15-31)26-32-24(3,4)25(5,6)33-26/h10-11,13-16,19H,7-9,12H2,1-6H3,(H2,27,28,29,30). The normalized spacial score (nSPS) is 23.9. The fourth-order valence-electron chi connectivity index (χ4n) is 4.48. The molecule has 8 heteroatoms. The van der Waals surface area contributed by atoms with Gasteiger partial charge in [-0.2, -0.15) is 4.98 Å². The van der Waals surface area contributed by atoms with Crippen LogP contribution in [0, 0.1) is 12.8 Å². The molecule has 0 amide bonds. The molecule has 1 saturated carbocycles. The number of aryl methyl sites for hydroxylation is 1. The first-order chi connectivity index (χ1) is 15.6. The van der Waals surface area contributed by atoms with Gasteiger partial charge in [0.05, 0.1) is 11.2 Å². The lowest BCUT2D eigenvalue weighted by Gasteiger charge is -2.32. The molecule has 1 aliphatic carbocycles. The average Bonchev–Trinajstić information content (AvgIpc) is 2.97. The van der Waals surface area contributed by atoms with Crippen molar-refractivity contribution in [2.75, 3.05) is 10.6 Å². The third-order valence-electron chi connectivity index (χ3n) is 7.23. The van der Waals surface area contributed by atoms with Crippen molar-refractivity contribution in [2.45, 2.75) is 84.5 Å². The summed E-state index contributed by atoms with van der Waals surface area (Å²) in [4.78, 5) is 21.0. The van der Waals surface area contributed by atoms with E-state index in [0.717, 1.165) is 35.7 Å². The minimum absolute atomic E-state index is 0.441. The molecule has 1 aromatic heterocycles. The quantitative estimate of drug-likeness (QED) is 0.490. The Bertz CT molecular complexity index is 1010. The molecule has 4 rings (SSSR count). The molecule has 1 aliphatic heterocycles. The molecule has 2 unspecified atom stereocenters. The van der Waals surface area contributed by atoms with Crippen molar-refractivity contribution < 1.29 is 14.1 Å². The van der Waals surface area contributed by atoms with Crippen LogP contribution in [0.5, 0.6) is 0 Å². The Hall–Kier alpha value is -2.45. The lowest BCUT2D eigenvalue weighted by atomic mass is 9.76. The van der Waals surface area contributed by atoms with E-state index in [-0.39, 0.29) is 0 Å². The van der Waals surface area contributed by atoms with E-state index in [0.29, 0.717) is 23.0 Å². The molecule has 2 N–H and O–H groups in total. The van der Waals surface area contributed by atoms with Crippen LogP contribution in [0.3, 0.4) is 0 Å². The zero-order valence-corrected chi connectivity index (χ0v) is 20.6. The van der Waals surface area contributed by atoms with Crippen LogP contribution < -0.4 is 16.1 Å². The summed E-state index contributed by atoms with van der Waals surface area (Å²) in [7, 11) is -0.589. The molecule has 0 bridgehead atoms. The van der Waals surface area contributed by atoms with Gasteiger partial charge in [-0.15, -0.1) is 0 Å². The fourth-order valence-corrected chi connectivity index (χ4v) is 4.48. The van der Waals surface area contributed by atoms with Crippen LogP contribution in [-0.4, -0.2) is 40.6 Å². The first-order valence-electron chi connectivity index (χ1n) is 11.9. The van der Waals surface area contributed by atoms with E-state index in [9.17, 15) is 4.79 Å². The van der Waals surface area contributed by atoms with Gasteiger partial charge in [0.1, 0.15) is 12.1 Å². The highest BCUT2D eigenvalue weighted by Gasteiger charge is 2.52. The van der Waals surface area contributed by atoms with Crippen molar-refractivity contribution in [1.29, 1.82) is 0 Å². The molecule has 2 fully saturated rings. The SMILES string of the molecule is Cc1cnc(Nc2ccc(B3OC(C)(C)C(C)(C)O3)c(C=O)c2)nc1NC1CCCC(C)C1. The van der Waals surface area contributed by atoms with Crippen molar-refractivity contribution in [3.63, 3.8) is 0 Å². The van der Waals surface area contributed by atoms with Crippen LogP contribution in [0.15, 0.2) is 24.4 Å². The summed E-state index contributed by atoms with van der Waals surface area (Å²) in [6.07, 6.45) is 7.53. The molecule has 176 valence electrons. The fraction of sp³-hybridized carbons (Fsp3) is 0.560. The Morgan fingerprint density at radius 2 is 1.88 bits per heavy atom. The number of anilines is 3. The Kier molecular flexibility index (Phi) is 6.51. The highest BCUT2D eigenvalue weighted by molar-refractivity contribution is 6.63. The summed E-state index contributed by atoms with van der Waals surface area (Å²) in [5.41, 5.74) is 2.04. The van der Waals surface area contributed by atoms with E-state index in [1.54, 1.807) is 6.07 Å². The van der Waals surface area contributed by atoms with Gasteiger partial charge in [-0.3, -0.25) is 4.79 Å². The highest BCUT2D eigenvalue weighted by atomic mass is 16.7. The third kappa shape index (κ3) is 5.07. The number of nitrogens with zero attached hydrogens (tertiary/aromatic N) is 2. The molecule has 1 saturated heterocycles. The van der Waals surface area contributed by atoms with Crippen molar-refractivity contribution in [3.05, 3.63) is 35.5 Å². The largest absolute Gasteiger partial charge is 0.495 e. The zero-order valence-electron chi connectivity index (χ0n) is 20.6. The highest BCUT2D eigenvalue weighted by Crippen LogP contribution is 2.37. The van der Waals surface area contributed by atoms with Crippen LogP contribution in [0.2, 0.25) is 0 Å². The Morgan fingerprint density at radius 1 is 1.15 bits per heavy atom. The number of nitrogens with one attached hydrogen (secondary N) is 2. The van der Waals surface area contributed by atoms with E-state index < -0.39 is 18.3 Å². The molecule has 7 nitrogen and oxygen atoms in total. The van der Waals surface area contributed by atoms with Crippen LogP contribution in [0.4, 0.5) is 17.5 Å².